The van der Waals surface area contributed by atoms with Gasteiger partial charge < -0.3 is 16.0 Å². The lowest BCUT2D eigenvalue weighted by atomic mass is 10.2. The molecule has 1 aromatic carbocycles. The minimum absolute atomic E-state index is 0.00383. The number of rotatable bonds is 6. The molecule has 0 aliphatic heterocycles. The first-order valence-electron chi connectivity index (χ1n) is 7.06. The van der Waals surface area contributed by atoms with Crippen molar-refractivity contribution in [2.45, 2.75) is 39.5 Å². The molecule has 0 radical (unpaired) electrons. The number of thiocarbonyl (C=S) groups is 1. The smallest absolute Gasteiger partial charge is 0.225 e. The van der Waals surface area contributed by atoms with Crippen LogP contribution in [-0.4, -0.2) is 16.9 Å². The lowest BCUT2D eigenvalue weighted by Gasteiger charge is -2.11. The number of anilines is 2. The van der Waals surface area contributed by atoms with Gasteiger partial charge >= 0.3 is 0 Å². The van der Waals surface area contributed by atoms with Crippen molar-refractivity contribution >= 4 is 40.5 Å². The molecule has 5 nitrogen and oxygen atoms in total. The molecule has 1 rings (SSSR count). The van der Waals surface area contributed by atoms with Gasteiger partial charge in [-0.2, -0.15) is 0 Å². The number of hydrogen-bond donors (Lipinski definition) is 3. The van der Waals surface area contributed by atoms with Crippen molar-refractivity contribution in [2.24, 2.45) is 0 Å². The Balaban J connectivity index is 2.57. The maximum atomic E-state index is 11.7. The van der Waals surface area contributed by atoms with E-state index in [2.05, 4.69) is 16.0 Å². The van der Waals surface area contributed by atoms with E-state index in [1.807, 2.05) is 25.1 Å². The highest BCUT2D eigenvalue weighted by Gasteiger charge is 2.05. The van der Waals surface area contributed by atoms with Crippen LogP contribution in [0.4, 0.5) is 11.4 Å². The van der Waals surface area contributed by atoms with Crippen LogP contribution < -0.4 is 16.0 Å². The van der Waals surface area contributed by atoms with Gasteiger partial charge in [-0.15, -0.1) is 0 Å². The fourth-order valence-electron chi connectivity index (χ4n) is 1.61. The highest BCUT2D eigenvalue weighted by atomic mass is 32.1. The SMILES string of the molecule is CCCCC(=O)Nc1cccc(NC(=S)NC(=O)CC)c1. The highest BCUT2D eigenvalue weighted by molar-refractivity contribution is 7.80. The van der Waals surface area contributed by atoms with Crippen LogP contribution in [0, 0.1) is 0 Å². The Morgan fingerprint density at radius 2 is 1.76 bits per heavy atom. The van der Waals surface area contributed by atoms with Crippen molar-refractivity contribution in [3.63, 3.8) is 0 Å². The molecule has 0 heterocycles. The van der Waals surface area contributed by atoms with Gasteiger partial charge in [-0.05, 0) is 36.8 Å². The van der Waals surface area contributed by atoms with Crippen LogP contribution in [0.2, 0.25) is 0 Å². The number of unbranched alkanes of at least 4 members (excludes halogenated alkanes) is 1. The van der Waals surface area contributed by atoms with Crippen LogP contribution in [-0.2, 0) is 9.59 Å². The maximum absolute atomic E-state index is 11.7. The number of hydrogen-bond acceptors (Lipinski definition) is 3. The molecule has 0 unspecified atom stereocenters. The Kier molecular flexibility index (Phi) is 7.39. The molecular weight excluding hydrogens is 286 g/mol. The van der Waals surface area contributed by atoms with Crippen LogP contribution in [0.25, 0.3) is 0 Å². The van der Waals surface area contributed by atoms with Crippen LogP contribution in [0.5, 0.6) is 0 Å². The third-order valence-corrected chi connectivity index (χ3v) is 2.94. The average molecular weight is 307 g/mol. The molecule has 3 N–H and O–H groups in total. The molecule has 1 aromatic rings. The van der Waals surface area contributed by atoms with E-state index in [4.69, 9.17) is 12.2 Å². The Hall–Kier alpha value is -1.95. The maximum Gasteiger partial charge on any atom is 0.225 e. The van der Waals surface area contributed by atoms with Crippen LogP contribution in [0.1, 0.15) is 39.5 Å². The van der Waals surface area contributed by atoms with Crippen molar-refractivity contribution in [2.75, 3.05) is 10.6 Å². The first-order chi connectivity index (χ1) is 10.0. The van der Waals surface area contributed by atoms with Crippen LogP contribution in [0.3, 0.4) is 0 Å². The second-order valence-corrected chi connectivity index (χ2v) is 5.00. The zero-order valence-corrected chi connectivity index (χ0v) is 13.2. The van der Waals surface area contributed by atoms with Gasteiger partial charge in [0.05, 0.1) is 0 Å². The Morgan fingerprint density at radius 3 is 2.38 bits per heavy atom. The van der Waals surface area contributed by atoms with Crippen molar-refractivity contribution in [3.8, 4) is 0 Å². The first-order valence-corrected chi connectivity index (χ1v) is 7.46. The third kappa shape index (κ3) is 6.85. The molecule has 114 valence electrons. The monoisotopic (exact) mass is 307 g/mol. The molecule has 0 saturated heterocycles. The van der Waals surface area contributed by atoms with E-state index >= 15 is 0 Å². The van der Waals surface area contributed by atoms with Gasteiger partial charge in [-0.1, -0.05) is 26.3 Å². The normalized spacial score (nSPS) is 9.81. The van der Waals surface area contributed by atoms with Gasteiger partial charge in [0.1, 0.15) is 0 Å². The second-order valence-electron chi connectivity index (χ2n) is 4.59. The van der Waals surface area contributed by atoms with Crippen LogP contribution >= 0.6 is 12.2 Å². The number of carbonyl (C=O) groups excluding carboxylic acids is 2. The highest BCUT2D eigenvalue weighted by Crippen LogP contribution is 2.15. The summed E-state index contributed by atoms with van der Waals surface area (Å²) in [6, 6.07) is 7.20. The van der Waals surface area contributed by atoms with Gasteiger partial charge in [-0.3, -0.25) is 9.59 Å². The van der Waals surface area contributed by atoms with E-state index in [9.17, 15) is 9.59 Å². The van der Waals surface area contributed by atoms with E-state index in [0.29, 0.717) is 24.2 Å². The van der Waals surface area contributed by atoms with E-state index in [-0.39, 0.29) is 16.9 Å². The van der Waals surface area contributed by atoms with E-state index in [1.54, 1.807) is 13.0 Å². The minimum atomic E-state index is -0.142. The summed E-state index contributed by atoms with van der Waals surface area (Å²) in [7, 11) is 0. The molecule has 0 atom stereocenters. The zero-order valence-electron chi connectivity index (χ0n) is 12.4. The average Bonchev–Trinajstić information content (AvgIpc) is 2.45. The molecule has 0 aromatic heterocycles. The van der Waals surface area contributed by atoms with Crippen molar-refractivity contribution in [1.29, 1.82) is 0 Å². The van der Waals surface area contributed by atoms with Gasteiger partial charge in [0, 0.05) is 24.2 Å². The standard InChI is InChI=1S/C15H21N3O2S/c1-3-5-9-14(20)16-11-7-6-8-12(10-11)17-15(21)18-13(19)4-2/h6-8,10H,3-5,9H2,1-2H3,(H,16,20)(H2,17,18,19,21). The Morgan fingerprint density at radius 1 is 1.10 bits per heavy atom. The van der Waals surface area contributed by atoms with E-state index in [0.717, 1.165) is 12.8 Å². The van der Waals surface area contributed by atoms with Crippen molar-refractivity contribution in [3.05, 3.63) is 24.3 Å². The summed E-state index contributed by atoms with van der Waals surface area (Å²) >= 11 is 5.04. The number of carbonyl (C=O) groups is 2. The minimum Gasteiger partial charge on any atom is -0.332 e. The Labute approximate surface area is 130 Å². The molecule has 6 heteroatoms. The molecule has 0 saturated carbocycles. The van der Waals surface area contributed by atoms with Gasteiger partial charge in [0.25, 0.3) is 0 Å². The predicted octanol–water partition coefficient (Wildman–Crippen LogP) is 3.04. The van der Waals surface area contributed by atoms with Gasteiger partial charge in [-0.25, -0.2) is 0 Å². The first kappa shape index (κ1) is 17.1. The number of benzene rings is 1. The molecule has 0 fully saturated rings. The molecule has 0 spiro atoms. The van der Waals surface area contributed by atoms with Gasteiger partial charge in [0.15, 0.2) is 5.11 Å². The zero-order chi connectivity index (χ0) is 15.7. The molecule has 21 heavy (non-hydrogen) atoms. The van der Waals surface area contributed by atoms with E-state index < -0.39 is 0 Å². The molecule has 0 aliphatic rings. The largest absolute Gasteiger partial charge is 0.332 e. The summed E-state index contributed by atoms with van der Waals surface area (Å²) in [4.78, 5) is 22.9. The Bertz CT molecular complexity index is 517. The summed E-state index contributed by atoms with van der Waals surface area (Å²) in [6.07, 6.45) is 2.74. The van der Waals surface area contributed by atoms with Crippen molar-refractivity contribution < 1.29 is 9.59 Å². The lowest BCUT2D eigenvalue weighted by Crippen LogP contribution is -2.33. The number of amides is 2. The molecule has 0 aliphatic carbocycles. The molecule has 0 bridgehead atoms. The summed E-state index contributed by atoms with van der Waals surface area (Å²) in [5, 5.41) is 8.55. The van der Waals surface area contributed by atoms with Crippen LogP contribution in [0.15, 0.2) is 24.3 Å². The number of nitrogens with one attached hydrogen (secondary N) is 3. The molecule has 2 amide bonds. The van der Waals surface area contributed by atoms with Gasteiger partial charge in [0.2, 0.25) is 11.8 Å². The third-order valence-electron chi connectivity index (χ3n) is 2.74. The summed E-state index contributed by atoms with van der Waals surface area (Å²) < 4.78 is 0. The summed E-state index contributed by atoms with van der Waals surface area (Å²) in [5.74, 6) is -0.146. The summed E-state index contributed by atoms with van der Waals surface area (Å²) in [6.45, 7) is 3.80. The topological polar surface area (TPSA) is 70.2 Å². The fraction of sp³-hybridized carbons (Fsp3) is 0.400. The summed E-state index contributed by atoms with van der Waals surface area (Å²) in [5.41, 5.74) is 1.41. The second kappa shape index (κ2) is 9.07. The molecular formula is C15H21N3O2S. The van der Waals surface area contributed by atoms with Crippen molar-refractivity contribution in [1.82, 2.24) is 5.32 Å². The predicted molar refractivity (Wildman–Crippen MR) is 89.3 cm³/mol. The quantitative estimate of drug-likeness (QED) is 0.707. The fourth-order valence-corrected chi connectivity index (χ4v) is 1.84. The van der Waals surface area contributed by atoms with E-state index in [1.165, 1.54) is 0 Å². The lowest BCUT2D eigenvalue weighted by molar-refractivity contribution is -0.119.